The summed E-state index contributed by atoms with van der Waals surface area (Å²) in [4.78, 5) is 11.3. The van der Waals surface area contributed by atoms with Crippen molar-refractivity contribution in [1.82, 2.24) is 0 Å². The van der Waals surface area contributed by atoms with Crippen LogP contribution in [0.25, 0.3) is 0 Å². The lowest BCUT2D eigenvalue weighted by molar-refractivity contribution is -0.116. The van der Waals surface area contributed by atoms with Gasteiger partial charge in [-0.1, -0.05) is 6.07 Å². The molecule has 20 heavy (non-hydrogen) atoms. The van der Waals surface area contributed by atoms with Gasteiger partial charge in [0.2, 0.25) is 5.91 Å². The van der Waals surface area contributed by atoms with E-state index >= 15 is 0 Å². The minimum Gasteiger partial charge on any atom is -0.494 e. The molecule has 0 spiro atoms. The highest BCUT2D eigenvalue weighted by molar-refractivity contribution is 7.79. The Morgan fingerprint density at radius 1 is 1.25 bits per heavy atom. The molecule has 6 heteroatoms. The van der Waals surface area contributed by atoms with Crippen molar-refractivity contribution in [3.8, 4) is 5.75 Å². The first-order chi connectivity index (χ1) is 9.65. The maximum absolute atomic E-state index is 11.3. The van der Waals surface area contributed by atoms with E-state index in [9.17, 15) is 9.00 Å². The van der Waals surface area contributed by atoms with Crippen LogP contribution in [-0.2, 0) is 26.5 Å². The molecular weight excluding hydrogens is 278 g/mol. The molecule has 5 nitrogen and oxygen atoms in total. The van der Waals surface area contributed by atoms with E-state index in [1.54, 1.807) is 0 Å². The second-order valence-corrected chi connectivity index (χ2v) is 5.68. The van der Waals surface area contributed by atoms with Gasteiger partial charge < -0.3 is 10.1 Å². The standard InChI is InChI=1S/C14H19NO4S/c1-20(17)19-9-3-2-8-18-12-6-4-11-5-7-14(16)15-13(11)10-12/h4,6,10H,2-3,5,7-9H2,1H3,(H,15,16). The van der Waals surface area contributed by atoms with E-state index < -0.39 is 11.1 Å². The van der Waals surface area contributed by atoms with E-state index in [1.807, 2.05) is 18.2 Å². The molecule has 0 fully saturated rings. The highest BCUT2D eigenvalue weighted by Crippen LogP contribution is 2.27. The predicted octanol–water partition coefficient (Wildman–Crippen LogP) is 2.04. The molecule has 1 heterocycles. The van der Waals surface area contributed by atoms with Crippen LogP contribution in [0.4, 0.5) is 5.69 Å². The van der Waals surface area contributed by atoms with Crippen LogP contribution in [0.15, 0.2) is 18.2 Å². The average molecular weight is 297 g/mol. The SMILES string of the molecule is CS(=O)OCCCCOc1ccc2c(c1)NC(=O)CC2. The number of amides is 1. The molecule has 0 aliphatic carbocycles. The Labute approximate surface area is 121 Å². The van der Waals surface area contributed by atoms with E-state index in [0.717, 1.165) is 36.3 Å². The third-order valence-corrected chi connectivity index (χ3v) is 3.53. The average Bonchev–Trinajstić information content (AvgIpc) is 2.42. The number of hydrogen-bond donors (Lipinski definition) is 1. The lowest BCUT2D eigenvalue weighted by Gasteiger charge is -2.17. The number of aryl methyl sites for hydroxylation is 1. The third kappa shape index (κ3) is 4.61. The molecule has 1 amide bonds. The molecule has 2 rings (SSSR count). The number of anilines is 1. The normalized spacial score (nSPS) is 15.3. The number of carbonyl (C=O) groups is 1. The molecule has 1 unspecified atom stereocenters. The Kier molecular flexibility index (Phi) is 5.55. The van der Waals surface area contributed by atoms with Gasteiger partial charge >= 0.3 is 0 Å². The number of nitrogens with one attached hydrogen (secondary N) is 1. The Hall–Kier alpha value is -1.40. The number of benzene rings is 1. The van der Waals surface area contributed by atoms with Gasteiger partial charge in [-0.3, -0.25) is 8.98 Å². The number of hydrogen-bond acceptors (Lipinski definition) is 4. The summed E-state index contributed by atoms with van der Waals surface area (Å²) in [6.07, 6.45) is 4.48. The van der Waals surface area contributed by atoms with Crippen molar-refractivity contribution < 1.29 is 17.9 Å². The molecule has 0 aromatic heterocycles. The molecule has 0 saturated carbocycles. The minimum atomic E-state index is -1.19. The summed E-state index contributed by atoms with van der Waals surface area (Å²) in [5.74, 6) is 0.810. The molecular formula is C14H19NO4S. The molecule has 1 aromatic carbocycles. The van der Waals surface area contributed by atoms with Gasteiger partial charge in [0, 0.05) is 24.4 Å². The first-order valence-corrected chi connectivity index (χ1v) is 8.16. The Morgan fingerprint density at radius 3 is 2.85 bits per heavy atom. The Balaban J connectivity index is 1.75. The van der Waals surface area contributed by atoms with Crippen LogP contribution >= 0.6 is 0 Å². The molecule has 0 bridgehead atoms. The number of unbranched alkanes of at least 4 members (excludes halogenated alkanes) is 1. The smallest absolute Gasteiger partial charge is 0.224 e. The first kappa shape index (κ1) is 15.0. The monoisotopic (exact) mass is 297 g/mol. The molecule has 0 radical (unpaired) electrons. The fourth-order valence-corrected chi connectivity index (χ4v) is 2.36. The van der Waals surface area contributed by atoms with Gasteiger partial charge in [-0.15, -0.1) is 0 Å². The van der Waals surface area contributed by atoms with Crippen molar-refractivity contribution in [2.45, 2.75) is 25.7 Å². The summed E-state index contributed by atoms with van der Waals surface area (Å²) in [6.45, 7) is 1.05. The largest absolute Gasteiger partial charge is 0.494 e. The van der Waals surface area contributed by atoms with Crippen molar-refractivity contribution in [2.75, 3.05) is 24.8 Å². The van der Waals surface area contributed by atoms with Crippen LogP contribution < -0.4 is 10.1 Å². The van der Waals surface area contributed by atoms with E-state index in [0.29, 0.717) is 19.6 Å². The molecule has 1 atom stereocenters. The van der Waals surface area contributed by atoms with Crippen LogP contribution in [-0.4, -0.2) is 29.6 Å². The predicted molar refractivity (Wildman–Crippen MR) is 78.1 cm³/mol. The zero-order valence-corrected chi connectivity index (χ0v) is 12.3. The summed E-state index contributed by atoms with van der Waals surface area (Å²) in [6, 6.07) is 5.78. The first-order valence-electron chi connectivity index (χ1n) is 6.67. The summed E-state index contributed by atoms with van der Waals surface area (Å²) in [7, 11) is 0. The minimum absolute atomic E-state index is 0.0550. The van der Waals surface area contributed by atoms with Crippen LogP contribution in [0.1, 0.15) is 24.8 Å². The van der Waals surface area contributed by atoms with Gasteiger partial charge in [0.25, 0.3) is 0 Å². The molecule has 110 valence electrons. The highest BCUT2D eigenvalue weighted by Gasteiger charge is 2.14. The number of fused-ring (bicyclic) bond motifs is 1. The molecule has 0 saturated heterocycles. The van der Waals surface area contributed by atoms with E-state index in [-0.39, 0.29) is 5.91 Å². The molecule has 1 aliphatic heterocycles. The third-order valence-electron chi connectivity index (χ3n) is 3.03. The lowest BCUT2D eigenvalue weighted by atomic mass is 10.0. The van der Waals surface area contributed by atoms with E-state index in [4.69, 9.17) is 8.92 Å². The van der Waals surface area contributed by atoms with Crippen molar-refractivity contribution in [2.24, 2.45) is 0 Å². The molecule has 1 N–H and O–H groups in total. The van der Waals surface area contributed by atoms with Gasteiger partial charge in [0.15, 0.2) is 11.1 Å². The fourth-order valence-electron chi connectivity index (χ4n) is 2.01. The second kappa shape index (κ2) is 7.40. The maximum atomic E-state index is 11.3. The quantitative estimate of drug-likeness (QED) is 0.782. The van der Waals surface area contributed by atoms with E-state index in [2.05, 4.69) is 5.32 Å². The van der Waals surface area contributed by atoms with Crippen LogP contribution in [0.2, 0.25) is 0 Å². The number of ether oxygens (including phenoxy) is 1. The van der Waals surface area contributed by atoms with Gasteiger partial charge in [-0.2, -0.15) is 0 Å². The van der Waals surface area contributed by atoms with Crippen LogP contribution in [0.3, 0.4) is 0 Å². The van der Waals surface area contributed by atoms with Crippen LogP contribution in [0, 0.1) is 0 Å². The number of carbonyl (C=O) groups excluding carboxylic acids is 1. The van der Waals surface area contributed by atoms with Crippen LogP contribution in [0.5, 0.6) is 5.75 Å². The molecule has 1 aliphatic rings. The summed E-state index contributed by atoms with van der Waals surface area (Å²) in [5.41, 5.74) is 2.00. The van der Waals surface area contributed by atoms with Crippen molar-refractivity contribution in [3.63, 3.8) is 0 Å². The van der Waals surface area contributed by atoms with Crippen molar-refractivity contribution in [1.29, 1.82) is 0 Å². The van der Waals surface area contributed by atoms with E-state index in [1.165, 1.54) is 6.26 Å². The zero-order valence-electron chi connectivity index (χ0n) is 11.5. The highest BCUT2D eigenvalue weighted by atomic mass is 32.2. The van der Waals surface area contributed by atoms with Gasteiger partial charge in [0.1, 0.15) is 5.75 Å². The Morgan fingerprint density at radius 2 is 2.05 bits per heavy atom. The summed E-state index contributed by atoms with van der Waals surface area (Å²) in [5, 5.41) is 2.85. The topological polar surface area (TPSA) is 64.6 Å². The van der Waals surface area contributed by atoms with Gasteiger partial charge in [-0.25, -0.2) is 4.21 Å². The Bertz CT molecular complexity index is 504. The summed E-state index contributed by atoms with van der Waals surface area (Å²) >= 11 is -1.19. The zero-order chi connectivity index (χ0) is 14.4. The van der Waals surface area contributed by atoms with Crippen molar-refractivity contribution in [3.05, 3.63) is 23.8 Å². The van der Waals surface area contributed by atoms with Gasteiger partial charge in [-0.05, 0) is 30.9 Å². The molecule has 1 aromatic rings. The van der Waals surface area contributed by atoms with Crippen molar-refractivity contribution >= 4 is 22.7 Å². The number of rotatable bonds is 7. The maximum Gasteiger partial charge on any atom is 0.224 e. The second-order valence-electron chi connectivity index (χ2n) is 4.65. The van der Waals surface area contributed by atoms with Gasteiger partial charge in [0.05, 0.1) is 13.2 Å². The lowest BCUT2D eigenvalue weighted by Crippen LogP contribution is -2.18. The summed E-state index contributed by atoms with van der Waals surface area (Å²) < 4.78 is 21.3. The fraction of sp³-hybridized carbons (Fsp3) is 0.500.